The van der Waals surface area contributed by atoms with Gasteiger partial charge >= 0.3 is 0 Å². The summed E-state index contributed by atoms with van der Waals surface area (Å²) in [6.07, 6.45) is 4.33. The molecule has 3 N–H and O–H groups in total. The first-order valence-corrected chi connectivity index (χ1v) is 6.01. The molecule has 0 atom stereocenters. The van der Waals surface area contributed by atoms with Gasteiger partial charge < -0.3 is 5.43 Å². The number of aromatic nitrogens is 1. The average molecular weight is 211 g/mol. The standard InChI is InChI=1S/C10H17N3S/c1-2-3-6-14-8-9-4-5-12-10(7-9)13-11/h4-5,7H,2-3,6,8,11H2,1H3,(H,12,13). The predicted molar refractivity (Wildman–Crippen MR) is 63.1 cm³/mol. The Kier molecular flexibility index (Phi) is 5.40. The summed E-state index contributed by atoms with van der Waals surface area (Å²) < 4.78 is 0. The molecule has 0 fully saturated rings. The highest BCUT2D eigenvalue weighted by Gasteiger charge is 1.95. The molecule has 0 unspecified atom stereocenters. The second-order valence-electron chi connectivity index (χ2n) is 3.10. The largest absolute Gasteiger partial charge is 0.308 e. The van der Waals surface area contributed by atoms with E-state index in [0.29, 0.717) is 0 Å². The zero-order chi connectivity index (χ0) is 10.2. The van der Waals surface area contributed by atoms with E-state index in [2.05, 4.69) is 17.3 Å². The molecule has 0 aliphatic heterocycles. The first kappa shape index (κ1) is 11.3. The number of hydrazine groups is 1. The van der Waals surface area contributed by atoms with Gasteiger partial charge in [0.2, 0.25) is 0 Å². The summed E-state index contributed by atoms with van der Waals surface area (Å²) in [5, 5.41) is 0. The Labute approximate surface area is 89.5 Å². The van der Waals surface area contributed by atoms with Gasteiger partial charge in [-0.15, -0.1) is 0 Å². The number of nitrogens with two attached hydrogens (primary N) is 1. The topological polar surface area (TPSA) is 50.9 Å². The quantitative estimate of drug-likeness (QED) is 0.431. The third kappa shape index (κ3) is 3.98. The molecule has 0 saturated carbocycles. The molecular formula is C10H17N3S. The van der Waals surface area contributed by atoms with E-state index in [0.717, 1.165) is 11.6 Å². The Hall–Kier alpha value is -0.740. The summed E-state index contributed by atoms with van der Waals surface area (Å²) in [6, 6.07) is 4.01. The number of nitrogens with one attached hydrogen (secondary N) is 1. The number of nitrogens with zero attached hydrogens (tertiary/aromatic N) is 1. The lowest BCUT2D eigenvalue weighted by Crippen LogP contribution is -2.08. The van der Waals surface area contributed by atoms with Crippen LogP contribution >= 0.6 is 11.8 Å². The molecule has 0 aromatic carbocycles. The van der Waals surface area contributed by atoms with Gasteiger partial charge in [0.1, 0.15) is 5.82 Å². The van der Waals surface area contributed by atoms with Gasteiger partial charge in [0.15, 0.2) is 0 Å². The molecule has 0 aliphatic rings. The van der Waals surface area contributed by atoms with Crippen molar-refractivity contribution in [2.75, 3.05) is 11.2 Å². The molecule has 0 spiro atoms. The zero-order valence-corrected chi connectivity index (χ0v) is 9.31. The van der Waals surface area contributed by atoms with Gasteiger partial charge in [-0.1, -0.05) is 13.3 Å². The second-order valence-corrected chi connectivity index (χ2v) is 4.20. The summed E-state index contributed by atoms with van der Waals surface area (Å²) in [5.74, 6) is 8.28. The van der Waals surface area contributed by atoms with Gasteiger partial charge in [-0.25, -0.2) is 10.8 Å². The smallest absolute Gasteiger partial charge is 0.140 e. The van der Waals surface area contributed by atoms with Crippen molar-refractivity contribution in [2.45, 2.75) is 25.5 Å². The Bertz CT molecular complexity index is 265. The minimum atomic E-state index is 0.735. The third-order valence-electron chi connectivity index (χ3n) is 1.88. The second kappa shape index (κ2) is 6.68. The molecule has 1 aromatic heterocycles. The summed E-state index contributed by atoms with van der Waals surface area (Å²) in [6.45, 7) is 2.21. The van der Waals surface area contributed by atoms with Crippen LogP contribution < -0.4 is 11.3 Å². The van der Waals surface area contributed by atoms with Gasteiger partial charge in [-0.2, -0.15) is 11.8 Å². The van der Waals surface area contributed by atoms with Crippen molar-refractivity contribution in [3.05, 3.63) is 23.9 Å². The monoisotopic (exact) mass is 211 g/mol. The Morgan fingerprint density at radius 1 is 1.57 bits per heavy atom. The maximum atomic E-state index is 5.28. The first-order valence-electron chi connectivity index (χ1n) is 4.86. The lowest BCUT2D eigenvalue weighted by Gasteiger charge is -2.03. The van der Waals surface area contributed by atoms with Crippen molar-refractivity contribution in [1.29, 1.82) is 0 Å². The van der Waals surface area contributed by atoms with E-state index in [9.17, 15) is 0 Å². The van der Waals surface area contributed by atoms with Crippen LogP contribution in [-0.2, 0) is 5.75 Å². The van der Waals surface area contributed by atoms with Crippen molar-refractivity contribution < 1.29 is 0 Å². The predicted octanol–water partition coefficient (Wildman–Crippen LogP) is 2.40. The molecule has 4 heteroatoms. The van der Waals surface area contributed by atoms with Crippen molar-refractivity contribution in [1.82, 2.24) is 4.98 Å². The summed E-state index contributed by atoms with van der Waals surface area (Å²) in [4.78, 5) is 4.06. The van der Waals surface area contributed by atoms with Crippen LogP contribution in [0.5, 0.6) is 0 Å². The lowest BCUT2D eigenvalue weighted by atomic mass is 10.3. The van der Waals surface area contributed by atoms with Crippen LogP contribution in [0, 0.1) is 0 Å². The summed E-state index contributed by atoms with van der Waals surface area (Å²) >= 11 is 1.95. The van der Waals surface area contributed by atoms with E-state index < -0.39 is 0 Å². The molecule has 3 nitrogen and oxygen atoms in total. The van der Waals surface area contributed by atoms with E-state index in [1.165, 1.54) is 24.2 Å². The number of hydrogen-bond acceptors (Lipinski definition) is 4. The van der Waals surface area contributed by atoms with Crippen molar-refractivity contribution >= 4 is 17.6 Å². The molecule has 1 heterocycles. The molecule has 14 heavy (non-hydrogen) atoms. The van der Waals surface area contributed by atoms with Gasteiger partial charge in [-0.3, -0.25) is 0 Å². The number of pyridine rings is 1. The van der Waals surface area contributed by atoms with Gasteiger partial charge in [-0.05, 0) is 29.9 Å². The molecule has 0 bridgehead atoms. The summed E-state index contributed by atoms with van der Waals surface area (Å²) in [5.41, 5.74) is 3.82. The van der Waals surface area contributed by atoms with Crippen LogP contribution in [0.15, 0.2) is 18.3 Å². The maximum absolute atomic E-state index is 5.28. The van der Waals surface area contributed by atoms with E-state index >= 15 is 0 Å². The molecule has 0 amide bonds. The maximum Gasteiger partial charge on any atom is 0.140 e. The van der Waals surface area contributed by atoms with Crippen molar-refractivity contribution in [2.24, 2.45) is 5.84 Å². The van der Waals surface area contributed by atoms with Gasteiger partial charge in [0.25, 0.3) is 0 Å². The molecule has 78 valence electrons. The lowest BCUT2D eigenvalue weighted by molar-refractivity contribution is 0.896. The Morgan fingerprint density at radius 2 is 2.43 bits per heavy atom. The van der Waals surface area contributed by atoms with Crippen LogP contribution in [-0.4, -0.2) is 10.7 Å². The van der Waals surface area contributed by atoms with Crippen LogP contribution in [0.2, 0.25) is 0 Å². The number of nitrogen functional groups attached to an aromatic ring is 1. The van der Waals surface area contributed by atoms with Crippen molar-refractivity contribution in [3.63, 3.8) is 0 Å². The van der Waals surface area contributed by atoms with E-state index in [1.54, 1.807) is 6.20 Å². The number of hydrogen-bond donors (Lipinski definition) is 2. The SMILES string of the molecule is CCCCSCc1ccnc(NN)c1. The molecule has 0 radical (unpaired) electrons. The fourth-order valence-electron chi connectivity index (χ4n) is 1.08. The number of unbranched alkanes of at least 4 members (excludes halogenated alkanes) is 1. The third-order valence-corrected chi connectivity index (χ3v) is 3.00. The van der Waals surface area contributed by atoms with Gasteiger partial charge in [0.05, 0.1) is 0 Å². The zero-order valence-electron chi connectivity index (χ0n) is 8.49. The molecule has 0 aliphatic carbocycles. The first-order chi connectivity index (χ1) is 6.86. The van der Waals surface area contributed by atoms with Crippen LogP contribution in [0.25, 0.3) is 0 Å². The van der Waals surface area contributed by atoms with E-state index in [1.807, 2.05) is 23.9 Å². The molecule has 0 saturated heterocycles. The van der Waals surface area contributed by atoms with Crippen LogP contribution in [0.1, 0.15) is 25.3 Å². The molecular weight excluding hydrogens is 194 g/mol. The van der Waals surface area contributed by atoms with Crippen molar-refractivity contribution in [3.8, 4) is 0 Å². The molecule has 1 rings (SSSR count). The highest BCUT2D eigenvalue weighted by molar-refractivity contribution is 7.98. The van der Waals surface area contributed by atoms with E-state index in [4.69, 9.17) is 5.84 Å². The fraction of sp³-hybridized carbons (Fsp3) is 0.500. The highest BCUT2D eigenvalue weighted by Crippen LogP contribution is 2.15. The van der Waals surface area contributed by atoms with E-state index in [-0.39, 0.29) is 0 Å². The highest BCUT2D eigenvalue weighted by atomic mass is 32.2. The number of rotatable bonds is 6. The minimum absolute atomic E-state index is 0.735. The Morgan fingerprint density at radius 3 is 3.14 bits per heavy atom. The molecule has 1 aromatic rings. The summed E-state index contributed by atoms with van der Waals surface area (Å²) in [7, 11) is 0. The van der Waals surface area contributed by atoms with Crippen LogP contribution in [0.4, 0.5) is 5.82 Å². The number of anilines is 1. The normalized spacial score (nSPS) is 10.1. The van der Waals surface area contributed by atoms with Gasteiger partial charge in [0, 0.05) is 11.9 Å². The minimum Gasteiger partial charge on any atom is -0.308 e. The Balaban J connectivity index is 2.34. The average Bonchev–Trinajstić information content (AvgIpc) is 2.25. The van der Waals surface area contributed by atoms with Crippen LogP contribution in [0.3, 0.4) is 0 Å². The number of thioether (sulfide) groups is 1. The fourth-order valence-corrected chi connectivity index (χ4v) is 2.13.